The number of hydrogen-bond acceptors (Lipinski definition) is 4. The van der Waals surface area contributed by atoms with Gasteiger partial charge in [-0.05, 0) is 30.3 Å². The smallest absolute Gasteiger partial charge is 1.00 e. The van der Waals surface area contributed by atoms with Crippen LogP contribution in [-0.4, -0.2) is 21.4 Å². The molecule has 2 rings (SSSR count). The van der Waals surface area contributed by atoms with Crippen LogP contribution in [0.25, 0.3) is 0 Å². The van der Waals surface area contributed by atoms with E-state index >= 15 is 0 Å². The average molecular weight is 322 g/mol. The van der Waals surface area contributed by atoms with Gasteiger partial charge in [-0.2, -0.15) is 8.42 Å². The van der Waals surface area contributed by atoms with Crippen LogP contribution < -0.4 is 29.6 Å². The zero-order chi connectivity index (χ0) is 14.1. The molecule has 0 aromatic heterocycles. The van der Waals surface area contributed by atoms with Gasteiger partial charge in [0.25, 0.3) is 10.1 Å². The van der Waals surface area contributed by atoms with E-state index in [0.717, 1.165) is 12.1 Å². The van der Waals surface area contributed by atoms with Crippen molar-refractivity contribution in [1.82, 2.24) is 0 Å². The third-order valence-electron chi connectivity index (χ3n) is 2.47. The fraction of sp³-hybridized carbons (Fsp3) is 0. The third-order valence-corrected chi connectivity index (χ3v) is 5.08. The van der Waals surface area contributed by atoms with E-state index in [0.29, 0.717) is 0 Å². The summed E-state index contributed by atoms with van der Waals surface area (Å²) < 4.78 is 55.4. The summed E-state index contributed by atoms with van der Waals surface area (Å²) in [6, 6.07) is 12.2. The molecule has 5 nitrogen and oxygen atoms in total. The summed E-state index contributed by atoms with van der Waals surface area (Å²) in [4.78, 5) is -0.583. The summed E-state index contributed by atoms with van der Waals surface area (Å²) in [6.45, 7) is 0. The Bertz CT molecular complexity index is 805. The molecule has 20 heavy (non-hydrogen) atoms. The summed E-state index contributed by atoms with van der Waals surface area (Å²) in [5, 5.41) is 0. The van der Waals surface area contributed by atoms with Crippen LogP contribution in [0.2, 0.25) is 0 Å². The standard InChI is InChI=1S/C12H10O5S2.Na.H/c13-18(14,10-5-2-1-3-6-10)11-7-4-8-12(9-11)19(15,16)17;;/h1-9H,(H,15,16,17);;/q;+1;-1. The number of hydrogen-bond donors (Lipinski definition) is 1. The van der Waals surface area contributed by atoms with Crippen LogP contribution in [-0.2, 0) is 20.0 Å². The molecule has 0 saturated carbocycles. The zero-order valence-electron chi connectivity index (χ0n) is 11.6. The average Bonchev–Trinajstić information content (AvgIpc) is 2.39. The van der Waals surface area contributed by atoms with Crippen molar-refractivity contribution in [1.29, 1.82) is 0 Å². The molecule has 0 heterocycles. The largest absolute Gasteiger partial charge is 1.00 e. The molecule has 2 aromatic carbocycles. The Kier molecular flexibility index (Phi) is 5.54. The van der Waals surface area contributed by atoms with Crippen molar-refractivity contribution in [3.8, 4) is 0 Å². The van der Waals surface area contributed by atoms with Gasteiger partial charge in [0.05, 0.1) is 14.7 Å². The Morgan fingerprint density at radius 1 is 0.750 bits per heavy atom. The Morgan fingerprint density at radius 2 is 1.25 bits per heavy atom. The van der Waals surface area contributed by atoms with E-state index in [9.17, 15) is 16.8 Å². The van der Waals surface area contributed by atoms with Crippen LogP contribution in [0.15, 0.2) is 69.3 Å². The summed E-state index contributed by atoms with van der Waals surface area (Å²) in [5.74, 6) is 0. The Morgan fingerprint density at radius 3 is 1.80 bits per heavy atom. The predicted octanol–water partition coefficient (Wildman–Crippen LogP) is -1.12. The third kappa shape index (κ3) is 3.69. The Labute approximate surface area is 141 Å². The fourth-order valence-corrected chi connectivity index (χ4v) is 3.47. The molecule has 0 amide bonds. The second-order valence-electron chi connectivity index (χ2n) is 3.77. The summed E-state index contributed by atoms with van der Waals surface area (Å²) in [5.41, 5.74) is 0. The molecule has 0 radical (unpaired) electrons. The van der Waals surface area contributed by atoms with Crippen molar-refractivity contribution in [3.05, 3.63) is 54.6 Å². The first-order valence-corrected chi connectivity index (χ1v) is 8.12. The first-order chi connectivity index (χ1) is 8.82. The summed E-state index contributed by atoms with van der Waals surface area (Å²) >= 11 is 0. The predicted molar refractivity (Wildman–Crippen MR) is 69.3 cm³/mol. The minimum atomic E-state index is -4.43. The van der Waals surface area contributed by atoms with Crippen LogP contribution in [0, 0.1) is 0 Å². The fourth-order valence-electron chi connectivity index (χ4n) is 1.54. The Balaban J connectivity index is 0.00000200. The van der Waals surface area contributed by atoms with Gasteiger partial charge in [0.2, 0.25) is 9.84 Å². The molecule has 2 aromatic rings. The monoisotopic (exact) mass is 322 g/mol. The molecular weight excluding hydrogens is 311 g/mol. The maximum atomic E-state index is 12.2. The van der Waals surface area contributed by atoms with E-state index in [-0.39, 0.29) is 40.8 Å². The van der Waals surface area contributed by atoms with Crippen LogP contribution in [0.3, 0.4) is 0 Å². The first kappa shape index (κ1) is 17.4. The van der Waals surface area contributed by atoms with Gasteiger partial charge in [-0.25, -0.2) is 8.42 Å². The van der Waals surface area contributed by atoms with Crippen molar-refractivity contribution >= 4 is 20.0 Å². The van der Waals surface area contributed by atoms with Gasteiger partial charge in [-0.15, -0.1) is 0 Å². The SMILES string of the molecule is O=S(=O)(O)c1cccc(S(=O)(=O)c2ccccc2)c1.[H-].[Na+]. The van der Waals surface area contributed by atoms with Gasteiger partial charge in [0.15, 0.2) is 0 Å². The van der Waals surface area contributed by atoms with Gasteiger partial charge in [-0.1, -0.05) is 24.3 Å². The minimum absolute atomic E-state index is 0. The Hall–Kier alpha value is -0.700. The van der Waals surface area contributed by atoms with Crippen molar-refractivity contribution in [2.45, 2.75) is 14.7 Å². The maximum absolute atomic E-state index is 12.2. The second-order valence-corrected chi connectivity index (χ2v) is 7.14. The van der Waals surface area contributed by atoms with Crippen LogP contribution in [0.4, 0.5) is 0 Å². The van der Waals surface area contributed by atoms with Gasteiger partial charge < -0.3 is 1.43 Å². The minimum Gasteiger partial charge on any atom is -1.00 e. The zero-order valence-corrected chi connectivity index (χ0v) is 14.2. The van der Waals surface area contributed by atoms with Crippen LogP contribution >= 0.6 is 0 Å². The van der Waals surface area contributed by atoms with E-state index < -0.39 is 24.9 Å². The molecule has 0 aliphatic carbocycles. The first-order valence-electron chi connectivity index (χ1n) is 5.19. The van der Waals surface area contributed by atoms with E-state index in [4.69, 9.17) is 4.55 Å². The molecule has 0 unspecified atom stereocenters. The normalized spacial score (nSPS) is 11.7. The number of rotatable bonds is 3. The maximum Gasteiger partial charge on any atom is 1.00 e. The number of benzene rings is 2. The van der Waals surface area contributed by atoms with E-state index in [1.807, 2.05) is 0 Å². The molecular formula is C12H11NaO5S2. The van der Waals surface area contributed by atoms with Crippen LogP contribution in [0.5, 0.6) is 0 Å². The molecule has 8 heteroatoms. The number of sulfone groups is 1. The van der Waals surface area contributed by atoms with Crippen molar-refractivity contribution in [2.75, 3.05) is 0 Å². The van der Waals surface area contributed by atoms with Crippen molar-refractivity contribution in [2.24, 2.45) is 0 Å². The molecule has 1 N–H and O–H groups in total. The molecule has 0 aliphatic rings. The molecule has 102 valence electrons. The summed E-state index contributed by atoms with van der Waals surface area (Å²) in [7, 11) is -8.23. The van der Waals surface area contributed by atoms with Crippen LogP contribution in [0.1, 0.15) is 1.43 Å². The van der Waals surface area contributed by atoms with Crippen molar-refractivity contribution < 1.29 is 52.4 Å². The molecule has 0 saturated heterocycles. The second kappa shape index (κ2) is 6.38. The van der Waals surface area contributed by atoms with E-state index in [1.165, 1.54) is 24.3 Å². The molecule has 0 aliphatic heterocycles. The van der Waals surface area contributed by atoms with E-state index in [2.05, 4.69) is 0 Å². The van der Waals surface area contributed by atoms with Gasteiger partial charge in [0, 0.05) is 0 Å². The van der Waals surface area contributed by atoms with E-state index in [1.54, 1.807) is 18.2 Å². The van der Waals surface area contributed by atoms with Crippen molar-refractivity contribution in [3.63, 3.8) is 0 Å². The summed E-state index contributed by atoms with van der Waals surface area (Å²) in [6.07, 6.45) is 0. The quantitative estimate of drug-likeness (QED) is 0.571. The molecule has 0 bridgehead atoms. The van der Waals surface area contributed by atoms with Gasteiger partial charge in [0.1, 0.15) is 0 Å². The molecule has 0 atom stereocenters. The topological polar surface area (TPSA) is 88.5 Å². The van der Waals surface area contributed by atoms with Gasteiger partial charge in [-0.3, -0.25) is 4.55 Å². The molecule has 0 spiro atoms. The molecule has 0 fully saturated rings. The van der Waals surface area contributed by atoms with Gasteiger partial charge >= 0.3 is 29.6 Å².